The van der Waals surface area contributed by atoms with E-state index in [4.69, 9.17) is 23.2 Å². The van der Waals surface area contributed by atoms with Crippen molar-refractivity contribution in [2.75, 3.05) is 14.1 Å². The van der Waals surface area contributed by atoms with Crippen LogP contribution in [0, 0.1) is 11.3 Å². The first-order chi connectivity index (χ1) is 11.1. The van der Waals surface area contributed by atoms with E-state index in [1.807, 2.05) is 24.4 Å². The minimum absolute atomic E-state index is 0.0780. The fourth-order valence-corrected chi connectivity index (χ4v) is 3.66. The SMILES string of the molecule is CN(C)C(=C(C#N)c1csc(C(C)(C)C)n1)c1c(Cl)nn(C)c1Cl. The van der Waals surface area contributed by atoms with E-state index < -0.39 is 0 Å². The number of allylic oxidation sites excluding steroid dienone is 1. The van der Waals surface area contributed by atoms with Crippen molar-refractivity contribution in [3.05, 3.63) is 32.0 Å². The van der Waals surface area contributed by atoms with Gasteiger partial charge in [-0.25, -0.2) is 4.98 Å². The van der Waals surface area contributed by atoms with E-state index >= 15 is 0 Å². The molecule has 0 unspecified atom stereocenters. The zero-order valence-electron chi connectivity index (χ0n) is 14.5. The molecule has 5 nitrogen and oxygen atoms in total. The topological polar surface area (TPSA) is 57.7 Å². The first-order valence-corrected chi connectivity index (χ1v) is 8.88. The van der Waals surface area contributed by atoms with Crippen molar-refractivity contribution in [2.24, 2.45) is 7.05 Å². The molecule has 0 N–H and O–H groups in total. The van der Waals surface area contributed by atoms with Gasteiger partial charge in [0, 0.05) is 31.9 Å². The molecule has 0 aromatic carbocycles. The molecule has 0 atom stereocenters. The maximum atomic E-state index is 9.78. The normalized spacial score (nSPS) is 12.8. The highest BCUT2D eigenvalue weighted by atomic mass is 35.5. The molecule has 8 heteroatoms. The van der Waals surface area contributed by atoms with Crippen molar-refractivity contribution in [3.8, 4) is 6.07 Å². The minimum Gasteiger partial charge on any atom is -0.376 e. The summed E-state index contributed by atoms with van der Waals surface area (Å²) in [5.74, 6) is 0. The van der Waals surface area contributed by atoms with Gasteiger partial charge in [-0.2, -0.15) is 10.4 Å². The first-order valence-electron chi connectivity index (χ1n) is 7.24. The van der Waals surface area contributed by atoms with Crippen molar-refractivity contribution >= 4 is 45.8 Å². The van der Waals surface area contributed by atoms with Gasteiger partial charge in [0.2, 0.25) is 0 Å². The van der Waals surface area contributed by atoms with E-state index in [0.29, 0.717) is 27.7 Å². The van der Waals surface area contributed by atoms with Gasteiger partial charge in [-0.1, -0.05) is 44.0 Å². The number of thiazole rings is 1. The van der Waals surface area contributed by atoms with Crippen LogP contribution in [0.4, 0.5) is 0 Å². The predicted molar refractivity (Wildman–Crippen MR) is 100 cm³/mol. The van der Waals surface area contributed by atoms with Gasteiger partial charge in [0.1, 0.15) is 16.8 Å². The third-order valence-electron chi connectivity index (χ3n) is 3.37. The maximum Gasteiger partial charge on any atom is 0.162 e. The lowest BCUT2D eigenvalue weighted by atomic mass is 9.98. The molecular weight excluding hydrogens is 365 g/mol. The van der Waals surface area contributed by atoms with Gasteiger partial charge in [0.25, 0.3) is 0 Å². The molecule has 0 amide bonds. The van der Waals surface area contributed by atoms with Crippen LogP contribution in [0.3, 0.4) is 0 Å². The Morgan fingerprint density at radius 1 is 1.33 bits per heavy atom. The summed E-state index contributed by atoms with van der Waals surface area (Å²) in [4.78, 5) is 6.45. The smallest absolute Gasteiger partial charge is 0.162 e. The zero-order chi connectivity index (χ0) is 18.2. The molecule has 2 rings (SSSR count). The predicted octanol–water partition coefficient (Wildman–Crippen LogP) is 4.43. The molecular formula is C16H19Cl2N5S. The number of halogens is 2. The van der Waals surface area contributed by atoms with Gasteiger partial charge < -0.3 is 4.90 Å². The van der Waals surface area contributed by atoms with Crippen LogP contribution in [-0.4, -0.2) is 33.8 Å². The second-order valence-electron chi connectivity index (χ2n) is 6.60. The fourth-order valence-electron chi connectivity index (χ4n) is 2.20. The average molecular weight is 384 g/mol. The van der Waals surface area contributed by atoms with Crippen LogP contribution >= 0.6 is 34.5 Å². The van der Waals surface area contributed by atoms with Gasteiger partial charge in [-0.05, 0) is 0 Å². The Hall–Kier alpha value is -1.55. The van der Waals surface area contributed by atoms with Gasteiger partial charge in [-0.15, -0.1) is 11.3 Å². The number of hydrogen-bond donors (Lipinski definition) is 0. The van der Waals surface area contributed by atoms with Gasteiger partial charge in [-0.3, -0.25) is 4.68 Å². The van der Waals surface area contributed by atoms with Crippen molar-refractivity contribution in [1.82, 2.24) is 19.7 Å². The molecule has 0 saturated carbocycles. The monoisotopic (exact) mass is 383 g/mol. The number of hydrogen-bond acceptors (Lipinski definition) is 5. The summed E-state index contributed by atoms with van der Waals surface area (Å²) in [5, 5.41) is 17.4. The van der Waals surface area contributed by atoms with Crippen molar-refractivity contribution < 1.29 is 0 Å². The third-order valence-corrected chi connectivity index (χ3v) is 5.34. The van der Waals surface area contributed by atoms with E-state index in [0.717, 1.165) is 5.01 Å². The number of nitrogens with zero attached hydrogens (tertiary/aromatic N) is 5. The Kier molecular flexibility index (Phi) is 5.28. The van der Waals surface area contributed by atoms with Crippen LogP contribution in [0.2, 0.25) is 10.3 Å². The Labute approximate surface area is 156 Å². The standard InChI is InChI=1S/C16H19Cl2N5S/c1-16(2,3)15-20-10(8-24-15)9(7-19)12(22(4)5)11-13(17)21-23(6)14(11)18/h8H,1-6H3. The van der Waals surface area contributed by atoms with Crippen LogP contribution in [0.5, 0.6) is 0 Å². The number of nitriles is 1. The third kappa shape index (κ3) is 3.44. The maximum absolute atomic E-state index is 9.78. The molecule has 0 bridgehead atoms. The lowest BCUT2D eigenvalue weighted by molar-refractivity contribution is 0.584. The molecule has 2 aromatic heterocycles. The van der Waals surface area contributed by atoms with E-state index in [9.17, 15) is 5.26 Å². The molecule has 0 spiro atoms. The van der Waals surface area contributed by atoms with Gasteiger partial charge >= 0.3 is 0 Å². The van der Waals surface area contributed by atoms with E-state index in [-0.39, 0.29) is 10.6 Å². The highest BCUT2D eigenvalue weighted by molar-refractivity contribution is 7.10. The highest BCUT2D eigenvalue weighted by Crippen LogP contribution is 2.37. The van der Waals surface area contributed by atoms with Crippen LogP contribution < -0.4 is 0 Å². The fraction of sp³-hybridized carbons (Fsp3) is 0.438. The van der Waals surface area contributed by atoms with Crippen LogP contribution in [-0.2, 0) is 12.5 Å². The van der Waals surface area contributed by atoms with Crippen LogP contribution in [0.25, 0.3) is 11.3 Å². The number of aromatic nitrogens is 3. The molecule has 0 aliphatic carbocycles. The summed E-state index contributed by atoms with van der Waals surface area (Å²) in [6.07, 6.45) is 0. The summed E-state index contributed by atoms with van der Waals surface area (Å²) in [7, 11) is 5.38. The molecule has 0 saturated heterocycles. The van der Waals surface area contributed by atoms with Crippen LogP contribution in [0.15, 0.2) is 5.38 Å². The molecule has 0 aliphatic rings. The Morgan fingerprint density at radius 2 is 1.96 bits per heavy atom. The molecule has 128 valence electrons. The lowest BCUT2D eigenvalue weighted by Crippen LogP contribution is -2.13. The molecule has 0 radical (unpaired) electrons. The average Bonchev–Trinajstić information content (AvgIpc) is 3.03. The van der Waals surface area contributed by atoms with E-state index in [2.05, 4.69) is 36.9 Å². The molecule has 2 heterocycles. The van der Waals surface area contributed by atoms with E-state index in [1.54, 1.807) is 7.05 Å². The van der Waals surface area contributed by atoms with Crippen molar-refractivity contribution in [2.45, 2.75) is 26.2 Å². The summed E-state index contributed by atoms with van der Waals surface area (Å²) >= 11 is 14.1. The van der Waals surface area contributed by atoms with Crippen LogP contribution in [0.1, 0.15) is 37.0 Å². The summed E-state index contributed by atoms with van der Waals surface area (Å²) < 4.78 is 1.49. The van der Waals surface area contributed by atoms with Crippen molar-refractivity contribution in [3.63, 3.8) is 0 Å². The molecule has 2 aromatic rings. The summed E-state index contributed by atoms with van der Waals surface area (Å²) in [6, 6.07) is 2.25. The Morgan fingerprint density at radius 3 is 2.33 bits per heavy atom. The largest absolute Gasteiger partial charge is 0.376 e. The number of aryl methyl sites for hydroxylation is 1. The quantitative estimate of drug-likeness (QED) is 0.735. The van der Waals surface area contributed by atoms with Gasteiger partial charge in [0.05, 0.1) is 22.0 Å². The minimum atomic E-state index is -0.0780. The first kappa shape index (κ1) is 18.8. The molecule has 0 fully saturated rings. The highest BCUT2D eigenvalue weighted by Gasteiger charge is 2.26. The lowest BCUT2D eigenvalue weighted by Gasteiger charge is -2.19. The summed E-state index contributed by atoms with van der Waals surface area (Å²) in [5.41, 5.74) is 2.10. The Bertz CT molecular complexity index is 834. The number of rotatable bonds is 3. The second-order valence-corrected chi connectivity index (χ2v) is 8.17. The van der Waals surface area contributed by atoms with Gasteiger partial charge in [0.15, 0.2) is 5.15 Å². The molecule has 24 heavy (non-hydrogen) atoms. The molecule has 0 aliphatic heterocycles. The van der Waals surface area contributed by atoms with E-state index in [1.165, 1.54) is 16.0 Å². The second kappa shape index (κ2) is 6.75. The summed E-state index contributed by atoms with van der Waals surface area (Å²) in [6.45, 7) is 6.27. The zero-order valence-corrected chi connectivity index (χ0v) is 16.8. The van der Waals surface area contributed by atoms with Crippen molar-refractivity contribution in [1.29, 1.82) is 5.26 Å². The Balaban J connectivity index is 2.74.